The Morgan fingerprint density at radius 3 is 2.80 bits per heavy atom. The van der Waals surface area contributed by atoms with Crippen molar-refractivity contribution in [1.29, 1.82) is 0 Å². The third-order valence-electron chi connectivity index (χ3n) is 1.92. The molecular weight excluding hydrogens is 236 g/mol. The third-order valence-corrected chi connectivity index (χ3v) is 3.37. The summed E-state index contributed by atoms with van der Waals surface area (Å²) >= 11 is 1.46. The number of nitrogens with zero attached hydrogens (tertiary/aromatic N) is 1. The van der Waals surface area contributed by atoms with E-state index in [1.165, 1.54) is 11.8 Å². The van der Waals surface area contributed by atoms with Gasteiger partial charge in [-0.3, -0.25) is 4.55 Å². The molecule has 0 aliphatic heterocycles. The van der Waals surface area contributed by atoms with Crippen LogP contribution in [0.2, 0.25) is 0 Å². The van der Waals surface area contributed by atoms with Crippen molar-refractivity contribution >= 4 is 32.9 Å². The van der Waals surface area contributed by atoms with Gasteiger partial charge in [-0.2, -0.15) is 8.42 Å². The summed E-state index contributed by atoms with van der Waals surface area (Å²) in [6, 6.07) is 5.33. The molecule has 0 spiro atoms. The Morgan fingerprint density at radius 2 is 2.20 bits per heavy atom. The fourth-order valence-electron chi connectivity index (χ4n) is 1.27. The second-order valence-corrected chi connectivity index (χ2v) is 5.06. The van der Waals surface area contributed by atoms with Gasteiger partial charge in [-0.25, -0.2) is 4.98 Å². The molecule has 80 valence electrons. The molecule has 1 heterocycles. The molecular formula is C8H8N2O3S2. The molecule has 0 amide bonds. The number of H-pyrrole nitrogens is 1. The molecule has 7 heteroatoms. The average molecular weight is 244 g/mol. The van der Waals surface area contributed by atoms with Crippen LogP contribution in [0.5, 0.6) is 0 Å². The maximum absolute atomic E-state index is 10.9. The standard InChI is InChI=1S/C8H8N2O3S2/c1-14-6-4-2-3-5-7(6)10-8(9-5)15(11,12)13/h2-4H,1H3,(H,9,10)(H,11,12,13). The molecule has 2 aromatic rings. The minimum atomic E-state index is -4.27. The zero-order chi connectivity index (χ0) is 11.1. The van der Waals surface area contributed by atoms with Gasteiger partial charge < -0.3 is 4.98 Å². The van der Waals surface area contributed by atoms with Crippen molar-refractivity contribution in [3.8, 4) is 0 Å². The van der Waals surface area contributed by atoms with Crippen molar-refractivity contribution in [3.63, 3.8) is 0 Å². The lowest BCUT2D eigenvalue weighted by molar-refractivity contribution is 0.476. The van der Waals surface area contributed by atoms with E-state index in [1.54, 1.807) is 12.1 Å². The fraction of sp³-hybridized carbons (Fsp3) is 0.125. The number of para-hydroxylation sites is 1. The topological polar surface area (TPSA) is 83.0 Å². The summed E-state index contributed by atoms with van der Waals surface area (Å²) < 4.78 is 30.5. The molecule has 0 aliphatic rings. The van der Waals surface area contributed by atoms with Crippen molar-refractivity contribution in [3.05, 3.63) is 18.2 Å². The number of benzene rings is 1. The van der Waals surface area contributed by atoms with Crippen LogP contribution in [0.25, 0.3) is 11.0 Å². The molecule has 2 rings (SSSR count). The number of imidazole rings is 1. The van der Waals surface area contributed by atoms with E-state index in [4.69, 9.17) is 4.55 Å². The number of hydrogen-bond acceptors (Lipinski definition) is 4. The van der Waals surface area contributed by atoms with E-state index in [2.05, 4.69) is 9.97 Å². The van der Waals surface area contributed by atoms with E-state index in [-0.39, 0.29) is 0 Å². The van der Waals surface area contributed by atoms with E-state index in [0.29, 0.717) is 11.0 Å². The molecule has 0 radical (unpaired) electrons. The Bertz CT molecular complexity index is 603. The molecule has 1 aromatic carbocycles. The predicted octanol–water partition coefficient (Wildman–Crippen LogP) is 1.53. The first-order valence-corrected chi connectivity index (χ1v) is 6.69. The second-order valence-electron chi connectivity index (χ2n) is 2.87. The van der Waals surface area contributed by atoms with Crippen LogP contribution in [0.15, 0.2) is 28.3 Å². The minimum Gasteiger partial charge on any atom is -0.327 e. The summed E-state index contributed by atoms with van der Waals surface area (Å²) in [5.74, 6) is 0. The summed E-state index contributed by atoms with van der Waals surface area (Å²) in [6.07, 6.45) is 1.87. The summed E-state index contributed by atoms with van der Waals surface area (Å²) in [5, 5.41) is -0.418. The van der Waals surface area contributed by atoms with E-state index in [0.717, 1.165) is 4.90 Å². The van der Waals surface area contributed by atoms with Crippen molar-refractivity contribution in [1.82, 2.24) is 9.97 Å². The zero-order valence-electron chi connectivity index (χ0n) is 7.76. The number of aromatic nitrogens is 2. The first-order chi connectivity index (χ1) is 7.02. The maximum Gasteiger partial charge on any atom is 0.328 e. The van der Waals surface area contributed by atoms with Crippen LogP contribution in [0.1, 0.15) is 0 Å². The Balaban J connectivity index is 2.76. The summed E-state index contributed by atoms with van der Waals surface area (Å²) in [7, 11) is -4.27. The molecule has 0 unspecified atom stereocenters. The van der Waals surface area contributed by atoms with Gasteiger partial charge in [0.1, 0.15) is 5.52 Å². The van der Waals surface area contributed by atoms with Crippen molar-refractivity contribution in [2.24, 2.45) is 0 Å². The first kappa shape index (κ1) is 10.5. The van der Waals surface area contributed by atoms with Crippen LogP contribution in [-0.2, 0) is 10.1 Å². The summed E-state index contributed by atoms with van der Waals surface area (Å²) in [6.45, 7) is 0. The highest BCUT2D eigenvalue weighted by molar-refractivity contribution is 7.98. The van der Waals surface area contributed by atoms with Gasteiger partial charge >= 0.3 is 10.1 Å². The van der Waals surface area contributed by atoms with Crippen molar-refractivity contribution in [2.45, 2.75) is 10.1 Å². The number of thioether (sulfide) groups is 1. The van der Waals surface area contributed by atoms with Crippen LogP contribution < -0.4 is 0 Å². The van der Waals surface area contributed by atoms with Crippen LogP contribution in [0, 0.1) is 0 Å². The van der Waals surface area contributed by atoms with Gasteiger partial charge in [0.25, 0.3) is 5.16 Å². The Labute approximate surface area is 90.7 Å². The predicted molar refractivity (Wildman–Crippen MR) is 57.7 cm³/mol. The van der Waals surface area contributed by atoms with Gasteiger partial charge in [-0.05, 0) is 18.4 Å². The quantitative estimate of drug-likeness (QED) is 0.618. The normalized spacial score (nSPS) is 12.1. The van der Waals surface area contributed by atoms with Crippen molar-refractivity contribution in [2.75, 3.05) is 6.26 Å². The van der Waals surface area contributed by atoms with Crippen LogP contribution >= 0.6 is 11.8 Å². The third kappa shape index (κ3) is 1.85. The van der Waals surface area contributed by atoms with Crippen molar-refractivity contribution < 1.29 is 13.0 Å². The number of nitrogens with one attached hydrogen (secondary N) is 1. The Kier molecular flexibility index (Phi) is 2.45. The molecule has 0 saturated heterocycles. The van der Waals surface area contributed by atoms with Crippen LogP contribution in [0.3, 0.4) is 0 Å². The Hall–Kier alpha value is -1.05. The number of fused-ring (bicyclic) bond motifs is 1. The molecule has 2 N–H and O–H groups in total. The van der Waals surface area contributed by atoms with E-state index in [1.807, 2.05) is 12.3 Å². The number of aromatic amines is 1. The lowest BCUT2D eigenvalue weighted by Gasteiger charge is -1.94. The summed E-state index contributed by atoms with van der Waals surface area (Å²) in [5.41, 5.74) is 1.15. The highest BCUT2D eigenvalue weighted by atomic mass is 32.2. The van der Waals surface area contributed by atoms with Gasteiger partial charge in [0.2, 0.25) is 0 Å². The van der Waals surface area contributed by atoms with Gasteiger partial charge in [0.05, 0.1) is 5.52 Å². The van der Waals surface area contributed by atoms with E-state index < -0.39 is 15.3 Å². The average Bonchev–Trinajstić information content (AvgIpc) is 2.59. The van der Waals surface area contributed by atoms with Gasteiger partial charge in [-0.1, -0.05) is 6.07 Å². The first-order valence-electron chi connectivity index (χ1n) is 4.02. The molecule has 0 bridgehead atoms. The molecule has 0 saturated carbocycles. The second kappa shape index (κ2) is 3.51. The SMILES string of the molecule is CSc1cccc2[nH]c(S(=O)(=O)O)nc12. The molecule has 0 fully saturated rings. The molecule has 5 nitrogen and oxygen atoms in total. The smallest absolute Gasteiger partial charge is 0.327 e. The van der Waals surface area contributed by atoms with Crippen LogP contribution in [-0.4, -0.2) is 29.2 Å². The van der Waals surface area contributed by atoms with E-state index >= 15 is 0 Å². The highest BCUT2D eigenvalue weighted by Gasteiger charge is 2.16. The lowest BCUT2D eigenvalue weighted by atomic mass is 10.3. The number of rotatable bonds is 2. The largest absolute Gasteiger partial charge is 0.328 e. The molecule has 0 aliphatic carbocycles. The fourth-order valence-corrected chi connectivity index (χ4v) is 2.28. The lowest BCUT2D eigenvalue weighted by Crippen LogP contribution is -1.99. The minimum absolute atomic E-state index is 0.418. The zero-order valence-corrected chi connectivity index (χ0v) is 9.39. The van der Waals surface area contributed by atoms with Gasteiger partial charge in [-0.15, -0.1) is 11.8 Å². The number of hydrogen-bond donors (Lipinski definition) is 2. The summed E-state index contributed by atoms with van der Waals surface area (Å²) in [4.78, 5) is 7.25. The molecule has 1 aromatic heterocycles. The molecule has 0 atom stereocenters. The van der Waals surface area contributed by atoms with Gasteiger partial charge in [0.15, 0.2) is 0 Å². The Morgan fingerprint density at radius 1 is 1.47 bits per heavy atom. The molecule has 15 heavy (non-hydrogen) atoms. The van der Waals surface area contributed by atoms with Crippen LogP contribution in [0.4, 0.5) is 0 Å². The van der Waals surface area contributed by atoms with Gasteiger partial charge in [0, 0.05) is 4.90 Å². The monoisotopic (exact) mass is 244 g/mol. The highest BCUT2D eigenvalue weighted by Crippen LogP contribution is 2.25. The maximum atomic E-state index is 10.9. The van der Waals surface area contributed by atoms with E-state index in [9.17, 15) is 8.42 Å².